The Kier molecular flexibility index (Phi) is 8.32. The zero-order valence-corrected chi connectivity index (χ0v) is 29.2. The zero-order valence-electron chi connectivity index (χ0n) is 29.2. The minimum absolute atomic E-state index is 0.0318. The summed E-state index contributed by atoms with van der Waals surface area (Å²) in [6.07, 6.45) is 2.51. The van der Waals surface area contributed by atoms with Crippen molar-refractivity contribution in [2.45, 2.75) is 45.7 Å². The van der Waals surface area contributed by atoms with Gasteiger partial charge in [-0.15, -0.1) is 0 Å². The van der Waals surface area contributed by atoms with Gasteiger partial charge >= 0.3 is 0 Å². The Bertz CT molecular complexity index is 2370. The van der Waals surface area contributed by atoms with Crippen LogP contribution in [0.25, 0.3) is 11.0 Å². The molecule has 0 spiro atoms. The average Bonchev–Trinajstić information content (AvgIpc) is 3.58. The molecule has 0 bridgehead atoms. The molecule has 0 aliphatic carbocycles. The minimum atomic E-state index is -1.06. The number of fused-ring (bicyclic) bond motifs is 3. The molecule has 3 N–H and O–H groups in total. The third-order valence-electron chi connectivity index (χ3n) is 9.91. The first kappa shape index (κ1) is 33.5. The number of hydrogen-bond acceptors (Lipinski definition) is 11. The summed E-state index contributed by atoms with van der Waals surface area (Å²) in [5.74, 6) is -1.29. The van der Waals surface area contributed by atoms with Crippen molar-refractivity contribution in [3.8, 4) is 5.75 Å². The van der Waals surface area contributed by atoms with Crippen molar-refractivity contribution in [2.24, 2.45) is 7.05 Å². The molecule has 1 saturated heterocycles. The number of aromatic nitrogens is 4. The number of rotatable bonds is 8. The van der Waals surface area contributed by atoms with Gasteiger partial charge in [0.15, 0.2) is 18.1 Å². The Morgan fingerprint density at radius 3 is 2.53 bits per heavy atom. The number of aryl methyl sites for hydroxylation is 3. The van der Waals surface area contributed by atoms with Gasteiger partial charge in [-0.1, -0.05) is 24.3 Å². The minimum Gasteiger partial charge on any atom is -0.484 e. The number of anilines is 4. The van der Waals surface area contributed by atoms with Crippen molar-refractivity contribution in [2.75, 3.05) is 23.8 Å². The molecule has 5 heterocycles. The van der Waals surface area contributed by atoms with Crippen LogP contribution in [-0.2, 0) is 34.4 Å². The van der Waals surface area contributed by atoms with E-state index in [4.69, 9.17) is 9.72 Å². The van der Waals surface area contributed by atoms with Crippen LogP contribution in [0.2, 0.25) is 0 Å². The van der Waals surface area contributed by atoms with Gasteiger partial charge in [0.2, 0.25) is 17.8 Å². The number of carbonyl (C=O) groups is 5. The molecular formula is C38H35N9O6. The molecule has 1 unspecified atom stereocenters. The van der Waals surface area contributed by atoms with Crippen LogP contribution in [0.4, 0.5) is 23.1 Å². The number of benzene rings is 3. The number of carbonyl (C=O) groups excluding carboxylic acids is 5. The molecule has 15 nitrogen and oxygen atoms in total. The number of ether oxygens (including phenoxy) is 1. The zero-order chi connectivity index (χ0) is 37.0. The molecule has 8 rings (SSSR count). The molecular weight excluding hydrogens is 678 g/mol. The summed E-state index contributed by atoms with van der Waals surface area (Å²) in [5, 5.41) is 14.4. The van der Waals surface area contributed by atoms with Gasteiger partial charge in [-0.25, -0.2) is 9.67 Å². The van der Waals surface area contributed by atoms with E-state index in [1.54, 1.807) is 15.8 Å². The lowest BCUT2D eigenvalue weighted by Crippen LogP contribution is -2.54. The largest absolute Gasteiger partial charge is 0.484 e. The lowest BCUT2D eigenvalue weighted by Gasteiger charge is -2.29. The third-order valence-corrected chi connectivity index (χ3v) is 9.91. The standard InChI is InChI=1S/C38H35N9O6/c1-20-5-4-6-21(2)32(20)42-33-28-17-39-38(43-34(28)45(3)44-33)40-24-8-7-22-13-14-46(18-23(22)15-24)31(49)19-53-25-9-10-26-27(16-25)37(52)47(36(26)51)29-11-12-30(48)41-35(29)50/h4-10,15-17,29H,11-14,18-19H2,1-3H3,(H,42,44)(H,39,40,43)(H,41,48,50). The molecule has 0 radical (unpaired) electrons. The van der Waals surface area contributed by atoms with Crippen LogP contribution in [0.3, 0.4) is 0 Å². The van der Waals surface area contributed by atoms with Crippen LogP contribution >= 0.6 is 0 Å². The van der Waals surface area contributed by atoms with E-state index < -0.39 is 29.7 Å². The van der Waals surface area contributed by atoms with Gasteiger partial charge in [0.25, 0.3) is 17.7 Å². The van der Waals surface area contributed by atoms with E-state index >= 15 is 0 Å². The molecule has 15 heteroatoms. The Morgan fingerprint density at radius 1 is 0.943 bits per heavy atom. The van der Waals surface area contributed by atoms with Crippen molar-refractivity contribution in [1.29, 1.82) is 0 Å². The topological polar surface area (TPSA) is 181 Å². The summed E-state index contributed by atoms with van der Waals surface area (Å²) in [7, 11) is 1.84. The number of amides is 5. The monoisotopic (exact) mass is 713 g/mol. The van der Waals surface area contributed by atoms with Crippen molar-refractivity contribution in [1.82, 2.24) is 34.9 Å². The highest BCUT2D eigenvalue weighted by Crippen LogP contribution is 2.32. The quantitative estimate of drug-likeness (QED) is 0.199. The SMILES string of the molecule is Cc1cccc(C)c1Nc1nn(C)c2nc(Nc3ccc4c(c3)CN(C(=O)COc3ccc5c(c3)C(=O)N(C3CCC(=O)NC3=O)C5=O)CC4)ncc12. The van der Waals surface area contributed by atoms with Crippen molar-refractivity contribution in [3.63, 3.8) is 0 Å². The summed E-state index contributed by atoms with van der Waals surface area (Å²) in [6.45, 7) is 4.71. The van der Waals surface area contributed by atoms with Crippen LogP contribution in [0.1, 0.15) is 55.8 Å². The number of piperidine rings is 1. The van der Waals surface area contributed by atoms with Crippen molar-refractivity contribution < 1.29 is 28.7 Å². The molecule has 3 aromatic carbocycles. The summed E-state index contributed by atoms with van der Waals surface area (Å²) in [5.41, 5.74) is 6.99. The molecule has 1 fully saturated rings. The van der Waals surface area contributed by atoms with Gasteiger partial charge in [-0.3, -0.25) is 34.2 Å². The average molecular weight is 714 g/mol. The van der Waals surface area contributed by atoms with E-state index in [2.05, 4.69) is 26.0 Å². The number of nitrogens with zero attached hydrogens (tertiary/aromatic N) is 6. The molecule has 0 saturated carbocycles. The lowest BCUT2D eigenvalue weighted by atomic mass is 9.99. The molecule has 2 aromatic heterocycles. The second-order valence-corrected chi connectivity index (χ2v) is 13.4. The Balaban J connectivity index is 0.911. The number of hydrogen-bond donors (Lipinski definition) is 3. The second-order valence-electron chi connectivity index (χ2n) is 13.4. The van der Waals surface area contributed by atoms with Crippen LogP contribution in [0, 0.1) is 13.8 Å². The van der Waals surface area contributed by atoms with E-state index in [1.165, 1.54) is 18.2 Å². The maximum atomic E-state index is 13.3. The van der Waals surface area contributed by atoms with Crippen molar-refractivity contribution in [3.05, 3.63) is 94.2 Å². The van der Waals surface area contributed by atoms with Crippen molar-refractivity contribution >= 4 is 63.7 Å². The molecule has 3 aliphatic rings. The smallest absolute Gasteiger partial charge is 0.262 e. The van der Waals surface area contributed by atoms with Gasteiger partial charge in [0.1, 0.15) is 11.8 Å². The molecule has 5 amide bonds. The van der Waals surface area contributed by atoms with E-state index in [0.29, 0.717) is 36.9 Å². The Morgan fingerprint density at radius 2 is 1.74 bits per heavy atom. The first-order chi connectivity index (χ1) is 25.5. The molecule has 1 atom stereocenters. The first-order valence-corrected chi connectivity index (χ1v) is 17.2. The van der Waals surface area contributed by atoms with Crippen LogP contribution in [-0.4, -0.2) is 78.3 Å². The first-order valence-electron chi connectivity index (χ1n) is 17.2. The second kappa shape index (κ2) is 13.2. The van der Waals surface area contributed by atoms with E-state index in [0.717, 1.165) is 43.9 Å². The highest BCUT2D eigenvalue weighted by Gasteiger charge is 2.44. The fraction of sp³-hybridized carbons (Fsp3) is 0.263. The van der Waals surface area contributed by atoms with Gasteiger partial charge in [-0.05, 0) is 79.3 Å². The predicted octanol–water partition coefficient (Wildman–Crippen LogP) is 3.83. The number of imide groups is 2. The number of para-hydroxylation sites is 1. The van der Waals surface area contributed by atoms with Gasteiger partial charge in [0.05, 0.1) is 16.5 Å². The summed E-state index contributed by atoms with van der Waals surface area (Å²) in [6, 6.07) is 15.4. The number of nitrogens with one attached hydrogen (secondary N) is 3. The maximum absolute atomic E-state index is 13.3. The summed E-state index contributed by atoms with van der Waals surface area (Å²) >= 11 is 0. The van der Waals surface area contributed by atoms with Crippen LogP contribution in [0.5, 0.6) is 5.75 Å². The van der Waals surface area contributed by atoms with E-state index in [-0.39, 0.29) is 42.2 Å². The Labute approximate surface area is 303 Å². The molecule has 268 valence electrons. The lowest BCUT2D eigenvalue weighted by molar-refractivity contribution is -0.136. The van der Waals surface area contributed by atoms with Gasteiger partial charge in [0, 0.05) is 44.1 Å². The predicted molar refractivity (Wildman–Crippen MR) is 193 cm³/mol. The molecule has 3 aliphatic heterocycles. The highest BCUT2D eigenvalue weighted by molar-refractivity contribution is 6.23. The third kappa shape index (κ3) is 6.19. The molecule has 5 aromatic rings. The fourth-order valence-electron chi connectivity index (χ4n) is 7.07. The fourth-order valence-corrected chi connectivity index (χ4v) is 7.07. The van der Waals surface area contributed by atoms with Crippen LogP contribution < -0.4 is 20.7 Å². The van der Waals surface area contributed by atoms with Crippen LogP contribution in [0.15, 0.2) is 60.8 Å². The summed E-state index contributed by atoms with van der Waals surface area (Å²) in [4.78, 5) is 75.3. The maximum Gasteiger partial charge on any atom is 0.262 e. The van der Waals surface area contributed by atoms with E-state index in [9.17, 15) is 24.0 Å². The molecule has 53 heavy (non-hydrogen) atoms. The highest BCUT2D eigenvalue weighted by atomic mass is 16.5. The normalized spacial score (nSPS) is 16.8. The van der Waals surface area contributed by atoms with E-state index in [1.807, 2.05) is 57.3 Å². The van der Waals surface area contributed by atoms with Gasteiger partial charge in [-0.2, -0.15) is 10.1 Å². The van der Waals surface area contributed by atoms with Gasteiger partial charge < -0.3 is 20.3 Å². The Hall–Kier alpha value is -6.64. The summed E-state index contributed by atoms with van der Waals surface area (Å²) < 4.78 is 7.51.